The summed E-state index contributed by atoms with van der Waals surface area (Å²) in [7, 11) is 0. The smallest absolute Gasteiger partial charge is 0.251 e. The minimum absolute atomic E-state index is 0.0753. The minimum atomic E-state index is -0.672. The van der Waals surface area contributed by atoms with Gasteiger partial charge >= 0.3 is 0 Å². The first-order valence-corrected chi connectivity index (χ1v) is 7.80. The number of benzene rings is 1. The van der Waals surface area contributed by atoms with E-state index in [4.69, 9.17) is 5.11 Å². The molecule has 0 aromatic heterocycles. The van der Waals surface area contributed by atoms with Crippen LogP contribution >= 0.6 is 0 Å². The molecule has 0 heterocycles. The number of halogens is 1. The Kier molecular flexibility index (Phi) is 7.68. The molecular formula is C17H25FN2O3. The summed E-state index contributed by atoms with van der Waals surface area (Å²) in [4.78, 5) is 24.4. The van der Waals surface area contributed by atoms with Gasteiger partial charge in [-0.25, -0.2) is 4.39 Å². The van der Waals surface area contributed by atoms with Gasteiger partial charge in [0.25, 0.3) is 5.91 Å². The third kappa shape index (κ3) is 6.36. The van der Waals surface area contributed by atoms with Crippen molar-refractivity contribution in [1.29, 1.82) is 0 Å². The van der Waals surface area contributed by atoms with Crippen molar-refractivity contribution >= 4 is 11.8 Å². The Morgan fingerprint density at radius 3 is 2.30 bits per heavy atom. The fourth-order valence-corrected chi connectivity index (χ4v) is 2.07. The molecule has 0 saturated heterocycles. The Labute approximate surface area is 136 Å². The van der Waals surface area contributed by atoms with Gasteiger partial charge in [-0.05, 0) is 42.5 Å². The van der Waals surface area contributed by atoms with E-state index in [1.54, 1.807) is 0 Å². The molecule has 23 heavy (non-hydrogen) atoms. The molecule has 0 aliphatic rings. The van der Waals surface area contributed by atoms with Crippen molar-refractivity contribution in [3.63, 3.8) is 0 Å². The maximum Gasteiger partial charge on any atom is 0.251 e. The lowest BCUT2D eigenvalue weighted by Crippen LogP contribution is -2.50. The molecule has 0 spiro atoms. The number of hydrogen-bond donors (Lipinski definition) is 3. The number of rotatable bonds is 8. The third-order valence-electron chi connectivity index (χ3n) is 3.59. The summed E-state index contributed by atoms with van der Waals surface area (Å²) >= 11 is 0. The molecule has 2 unspecified atom stereocenters. The predicted octanol–water partition coefficient (Wildman–Crippen LogP) is 1.71. The molecule has 0 saturated carbocycles. The van der Waals surface area contributed by atoms with E-state index < -0.39 is 17.8 Å². The summed E-state index contributed by atoms with van der Waals surface area (Å²) in [5, 5.41) is 14.3. The number of amides is 2. The predicted molar refractivity (Wildman–Crippen MR) is 86.4 cm³/mol. The second-order valence-corrected chi connectivity index (χ2v) is 6.06. The minimum Gasteiger partial charge on any atom is -0.396 e. The van der Waals surface area contributed by atoms with Crippen LogP contribution in [0.1, 0.15) is 37.6 Å². The Hall–Kier alpha value is -1.95. The molecule has 1 aromatic rings. The van der Waals surface area contributed by atoms with Crippen molar-refractivity contribution in [2.24, 2.45) is 11.8 Å². The first-order chi connectivity index (χ1) is 10.8. The normalized spacial score (nSPS) is 13.5. The highest BCUT2D eigenvalue weighted by Crippen LogP contribution is 2.07. The van der Waals surface area contributed by atoms with Gasteiger partial charge in [-0.2, -0.15) is 0 Å². The van der Waals surface area contributed by atoms with Gasteiger partial charge in [0.2, 0.25) is 5.91 Å². The van der Waals surface area contributed by atoms with Crippen molar-refractivity contribution in [3.05, 3.63) is 35.6 Å². The molecule has 1 aromatic carbocycles. The van der Waals surface area contributed by atoms with Gasteiger partial charge < -0.3 is 15.7 Å². The highest BCUT2D eigenvalue weighted by molar-refractivity contribution is 5.97. The monoisotopic (exact) mass is 324 g/mol. The van der Waals surface area contributed by atoms with Crippen LogP contribution in [0.4, 0.5) is 4.39 Å². The SMILES string of the molecule is CC(CCO)CNC(=O)C(NC(=O)c1ccc(F)cc1)C(C)C. The number of hydrogen-bond acceptors (Lipinski definition) is 3. The molecule has 0 aliphatic heterocycles. The maximum atomic E-state index is 12.9. The molecule has 3 N–H and O–H groups in total. The summed E-state index contributed by atoms with van der Waals surface area (Å²) < 4.78 is 12.9. The first kappa shape index (κ1) is 19.1. The summed E-state index contributed by atoms with van der Waals surface area (Å²) in [6, 6.07) is 4.49. The highest BCUT2D eigenvalue weighted by atomic mass is 19.1. The molecule has 128 valence electrons. The Morgan fingerprint density at radius 2 is 1.78 bits per heavy atom. The molecule has 0 fully saturated rings. The van der Waals surface area contributed by atoms with Crippen LogP contribution in [-0.2, 0) is 4.79 Å². The highest BCUT2D eigenvalue weighted by Gasteiger charge is 2.24. The molecule has 0 aliphatic carbocycles. The lowest BCUT2D eigenvalue weighted by molar-refractivity contribution is -0.124. The van der Waals surface area contributed by atoms with E-state index in [-0.39, 0.29) is 24.3 Å². The van der Waals surface area contributed by atoms with E-state index in [1.165, 1.54) is 24.3 Å². The zero-order chi connectivity index (χ0) is 17.4. The van der Waals surface area contributed by atoms with Crippen molar-refractivity contribution < 1.29 is 19.1 Å². The van der Waals surface area contributed by atoms with E-state index in [9.17, 15) is 14.0 Å². The Bertz CT molecular complexity index is 517. The van der Waals surface area contributed by atoms with Gasteiger partial charge in [-0.15, -0.1) is 0 Å². The fraction of sp³-hybridized carbons (Fsp3) is 0.529. The topological polar surface area (TPSA) is 78.4 Å². The lowest BCUT2D eigenvalue weighted by atomic mass is 10.0. The van der Waals surface area contributed by atoms with Crippen molar-refractivity contribution in [2.75, 3.05) is 13.2 Å². The maximum absolute atomic E-state index is 12.9. The second kappa shape index (κ2) is 9.25. The van der Waals surface area contributed by atoms with E-state index >= 15 is 0 Å². The van der Waals surface area contributed by atoms with E-state index in [0.29, 0.717) is 18.5 Å². The molecule has 6 heteroatoms. The molecule has 5 nitrogen and oxygen atoms in total. The Morgan fingerprint density at radius 1 is 1.17 bits per heavy atom. The number of aliphatic hydroxyl groups excluding tert-OH is 1. The number of carbonyl (C=O) groups is 2. The van der Waals surface area contributed by atoms with Gasteiger partial charge in [0.05, 0.1) is 0 Å². The van der Waals surface area contributed by atoms with Crippen LogP contribution in [0.5, 0.6) is 0 Å². The zero-order valence-electron chi connectivity index (χ0n) is 13.8. The molecule has 1 rings (SSSR count). The fourth-order valence-electron chi connectivity index (χ4n) is 2.07. The standard InChI is InChI=1S/C17H25FN2O3/c1-11(2)15(17(23)19-10-12(3)8-9-21)20-16(22)13-4-6-14(18)7-5-13/h4-7,11-12,15,21H,8-10H2,1-3H3,(H,19,23)(H,20,22). The van der Waals surface area contributed by atoms with Crippen LogP contribution in [0.25, 0.3) is 0 Å². The van der Waals surface area contributed by atoms with Crippen molar-refractivity contribution in [1.82, 2.24) is 10.6 Å². The largest absolute Gasteiger partial charge is 0.396 e. The van der Waals surface area contributed by atoms with E-state index in [2.05, 4.69) is 10.6 Å². The van der Waals surface area contributed by atoms with E-state index in [0.717, 1.165) is 0 Å². The van der Waals surface area contributed by atoms with Crippen LogP contribution in [0.2, 0.25) is 0 Å². The van der Waals surface area contributed by atoms with Crippen molar-refractivity contribution in [3.8, 4) is 0 Å². The quantitative estimate of drug-likeness (QED) is 0.681. The van der Waals surface area contributed by atoms with Crippen LogP contribution in [-0.4, -0.2) is 36.1 Å². The van der Waals surface area contributed by atoms with Crippen LogP contribution < -0.4 is 10.6 Å². The van der Waals surface area contributed by atoms with Gasteiger partial charge in [-0.3, -0.25) is 9.59 Å². The van der Waals surface area contributed by atoms with Gasteiger partial charge in [0.1, 0.15) is 11.9 Å². The van der Waals surface area contributed by atoms with Crippen LogP contribution in [0.15, 0.2) is 24.3 Å². The lowest BCUT2D eigenvalue weighted by Gasteiger charge is -2.22. The molecule has 2 atom stereocenters. The number of nitrogens with one attached hydrogen (secondary N) is 2. The van der Waals surface area contributed by atoms with Gasteiger partial charge in [0.15, 0.2) is 0 Å². The number of carbonyl (C=O) groups excluding carboxylic acids is 2. The summed E-state index contributed by atoms with van der Waals surface area (Å²) in [6.45, 7) is 6.12. The van der Waals surface area contributed by atoms with Gasteiger partial charge in [0, 0.05) is 18.7 Å². The summed E-state index contributed by atoms with van der Waals surface area (Å²) in [5.41, 5.74) is 0.304. The average molecular weight is 324 g/mol. The van der Waals surface area contributed by atoms with Crippen LogP contribution in [0, 0.1) is 17.7 Å². The van der Waals surface area contributed by atoms with Crippen molar-refractivity contribution in [2.45, 2.75) is 33.2 Å². The molecule has 0 radical (unpaired) electrons. The molecular weight excluding hydrogens is 299 g/mol. The summed E-state index contributed by atoms with van der Waals surface area (Å²) in [6.07, 6.45) is 0.606. The second-order valence-electron chi connectivity index (χ2n) is 6.06. The third-order valence-corrected chi connectivity index (χ3v) is 3.59. The summed E-state index contributed by atoms with van der Waals surface area (Å²) in [5.74, 6) is -1.03. The first-order valence-electron chi connectivity index (χ1n) is 7.80. The van der Waals surface area contributed by atoms with Gasteiger partial charge in [-0.1, -0.05) is 20.8 Å². The molecule has 2 amide bonds. The number of aliphatic hydroxyl groups is 1. The average Bonchev–Trinajstić information content (AvgIpc) is 2.50. The van der Waals surface area contributed by atoms with E-state index in [1.807, 2.05) is 20.8 Å². The van der Waals surface area contributed by atoms with Crippen LogP contribution in [0.3, 0.4) is 0 Å². The Balaban J connectivity index is 2.65. The molecule has 0 bridgehead atoms. The zero-order valence-corrected chi connectivity index (χ0v) is 13.8.